The van der Waals surface area contributed by atoms with Gasteiger partial charge in [0.05, 0.1) is 0 Å². The molecule has 4 heteroatoms. The Bertz CT molecular complexity index is 390. The van der Waals surface area contributed by atoms with Gasteiger partial charge in [-0.1, -0.05) is 47.0 Å². The molecule has 21 heavy (non-hydrogen) atoms. The first-order valence-corrected chi connectivity index (χ1v) is 8.54. The van der Waals surface area contributed by atoms with Gasteiger partial charge in [-0.3, -0.25) is 9.59 Å². The van der Waals surface area contributed by atoms with E-state index in [0.29, 0.717) is 5.92 Å². The summed E-state index contributed by atoms with van der Waals surface area (Å²) in [7, 11) is 0. The number of rotatable bonds is 7. The van der Waals surface area contributed by atoms with Crippen molar-refractivity contribution in [2.24, 2.45) is 17.8 Å². The van der Waals surface area contributed by atoms with Crippen molar-refractivity contribution >= 4 is 11.8 Å². The van der Waals surface area contributed by atoms with Gasteiger partial charge in [0.15, 0.2) is 0 Å². The molecular formula is C17H30N2O2. The van der Waals surface area contributed by atoms with Crippen LogP contribution in [0.2, 0.25) is 0 Å². The molecule has 3 unspecified atom stereocenters. The van der Waals surface area contributed by atoms with Gasteiger partial charge in [0.25, 0.3) is 0 Å². The lowest BCUT2D eigenvalue weighted by molar-refractivity contribution is -0.152. The predicted octanol–water partition coefficient (Wildman–Crippen LogP) is 2.57. The highest BCUT2D eigenvalue weighted by atomic mass is 16.2. The number of piperazine rings is 1. The third-order valence-electron chi connectivity index (χ3n) is 4.87. The zero-order chi connectivity index (χ0) is 15.6. The highest BCUT2D eigenvalue weighted by Gasteiger charge is 2.42. The fraction of sp³-hybridized carbons (Fsp3) is 0.882. The Kier molecular flexibility index (Phi) is 5.28. The van der Waals surface area contributed by atoms with Crippen molar-refractivity contribution in [1.82, 2.24) is 10.2 Å². The summed E-state index contributed by atoms with van der Waals surface area (Å²) in [5, 5.41) is 2.97. The first-order valence-electron chi connectivity index (χ1n) is 8.54. The van der Waals surface area contributed by atoms with Gasteiger partial charge in [-0.25, -0.2) is 0 Å². The SMILES string of the molecule is CCC(C)C1C(=O)NC(CC(C)C)C(=O)N1CCC1CC1. The predicted molar refractivity (Wildman–Crippen MR) is 83.7 cm³/mol. The van der Waals surface area contributed by atoms with Crippen molar-refractivity contribution in [2.75, 3.05) is 6.54 Å². The van der Waals surface area contributed by atoms with Gasteiger partial charge in [0, 0.05) is 6.54 Å². The number of carbonyl (C=O) groups excluding carboxylic acids is 2. The van der Waals surface area contributed by atoms with E-state index in [4.69, 9.17) is 0 Å². The molecule has 0 aromatic carbocycles. The molecule has 0 aromatic heterocycles. The van der Waals surface area contributed by atoms with Gasteiger partial charge in [-0.2, -0.15) is 0 Å². The van der Waals surface area contributed by atoms with E-state index in [0.717, 1.165) is 31.7 Å². The summed E-state index contributed by atoms with van der Waals surface area (Å²) in [4.78, 5) is 27.2. The Hall–Kier alpha value is -1.06. The molecule has 3 atom stereocenters. The minimum absolute atomic E-state index is 0.0467. The van der Waals surface area contributed by atoms with E-state index in [1.165, 1.54) is 12.8 Å². The van der Waals surface area contributed by atoms with E-state index >= 15 is 0 Å². The number of nitrogens with one attached hydrogen (secondary N) is 1. The molecule has 1 aliphatic carbocycles. The summed E-state index contributed by atoms with van der Waals surface area (Å²) in [5.41, 5.74) is 0. The molecular weight excluding hydrogens is 264 g/mol. The van der Waals surface area contributed by atoms with Crippen molar-refractivity contribution in [3.8, 4) is 0 Å². The van der Waals surface area contributed by atoms with E-state index in [-0.39, 0.29) is 29.8 Å². The van der Waals surface area contributed by atoms with Crippen molar-refractivity contribution < 1.29 is 9.59 Å². The first-order chi connectivity index (χ1) is 9.93. The van der Waals surface area contributed by atoms with E-state index in [9.17, 15) is 9.59 Å². The standard InChI is InChI=1S/C17H30N2O2/c1-5-12(4)15-16(20)18-14(10-11(2)3)17(21)19(15)9-8-13-6-7-13/h11-15H,5-10H2,1-4H3,(H,18,20). The molecule has 1 heterocycles. The summed E-state index contributed by atoms with van der Waals surface area (Å²) < 4.78 is 0. The molecule has 1 N–H and O–H groups in total. The van der Waals surface area contributed by atoms with Crippen molar-refractivity contribution in [2.45, 2.75) is 71.9 Å². The number of hydrogen-bond acceptors (Lipinski definition) is 2. The molecule has 1 saturated carbocycles. The quantitative estimate of drug-likeness (QED) is 0.784. The Morgan fingerprint density at radius 3 is 2.43 bits per heavy atom. The number of carbonyl (C=O) groups is 2. The number of nitrogens with zero attached hydrogens (tertiary/aromatic N) is 1. The molecule has 0 aromatic rings. The summed E-state index contributed by atoms with van der Waals surface area (Å²) in [5.74, 6) is 1.58. The molecule has 120 valence electrons. The van der Waals surface area contributed by atoms with Crippen LogP contribution in [-0.2, 0) is 9.59 Å². The van der Waals surface area contributed by atoms with Crippen LogP contribution < -0.4 is 5.32 Å². The molecule has 0 bridgehead atoms. The van der Waals surface area contributed by atoms with Gasteiger partial charge in [0.2, 0.25) is 11.8 Å². The van der Waals surface area contributed by atoms with Crippen LogP contribution >= 0.6 is 0 Å². The van der Waals surface area contributed by atoms with Crippen molar-refractivity contribution in [3.63, 3.8) is 0 Å². The van der Waals surface area contributed by atoms with Crippen LogP contribution in [0.25, 0.3) is 0 Å². The molecule has 0 spiro atoms. The second-order valence-corrected chi connectivity index (χ2v) is 7.28. The lowest BCUT2D eigenvalue weighted by Crippen LogP contribution is -2.65. The molecule has 2 fully saturated rings. The maximum Gasteiger partial charge on any atom is 0.245 e. The second kappa shape index (κ2) is 6.80. The largest absolute Gasteiger partial charge is 0.342 e. The minimum atomic E-state index is -0.322. The average Bonchev–Trinajstić information content (AvgIpc) is 3.23. The van der Waals surface area contributed by atoms with Crippen molar-refractivity contribution in [3.05, 3.63) is 0 Å². The highest BCUT2D eigenvalue weighted by molar-refractivity contribution is 5.97. The van der Waals surface area contributed by atoms with Gasteiger partial charge in [0.1, 0.15) is 12.1 Å². The van der Waals surface area contributed by atoms with Crippen LogP contribution in [0.3, 0.4) is 0 Å². The normalized spacial score (nSPS) is 28.0. The van der Waals surface area contributed by atoms with E-state index < -0.39 is 0 Å². The van der Waals surface area contributed by atoms with Gasteiger partial charge in [-0.15, -0.1) is 0 Å². The molecule has 2 aliphatic rings. The maximum absolute atomic E-state index is 12.8. The Morgan fingerprint density at radius 1 is 1.24 bits per heavy atom. The van der Waals surface area contributed by atoms with Crippen LogP contribution in [0.15, 0.2) is 0 Å². The zero-order valence-corrected chi connectivity index (χ0v) is 13.9. The second-order valence-electron chi connectivity index (χ2n) is 7.28. The van der Waals surface area contributed by atoms with Gasteiger partial charge >= 0.3 is 0 Å². The molecule has 2 rings (SSSR count). The molecule has 1 saturated heterocycles. The van der Waals surface area contributed by atoms with Crippen LogP contribution in [0, 0.1) is 17.8 Å². The van der Waals surface area contributed by atoms with Gasteiger partial charge in [-0.05, 0) is 30.6 Å². The molecule has 4 nitrogen and oxygen atoms in total. The fourth-order valence-corrected chi connectivity index (χ4v) is 3.20. The smallest absolute Gasteiger partial charge is 0.245 e. The van der Waals surface area contributed by atoms with Crippen LogP contribution in [0.5, 0.6) is 0 Å². The first kappa shape index (κ1) is 16.3. The summed E-state index contributed by atoms with van der Waals surface area (Å²) >= 11 is 0. The Labute approximate surface area is 128 Å². The van der Waals surface area contributed by atoms with Crippen LogP contribution in [0.1, 0.15) is 59.8 Å². The Balaban J connectivity index is 2.11. The van der Waals surface area contributed by atoms with Gasteiger partial charge < -0.3 is 10.2 Å². The van der Waals surface area contributed by atoms with E-state index in [2.05, 4.69) is 33.0 Å². The van der Waals surface area contributed by atoms with E-state index in [1.54, 1.807) is 0 Å². The minimum Gasteiger partial charge on any atom is -0.342 e. The van der Waals surface area contributed by atoms with Crippen LogP contribution in [-0.4, -0.2) is 35.3 Å². The summed E-state index contributed by atoms with van der Waals surface area (Å²) in [6.07, 6.45) is 5.29. The molecule has 2 amide bonds. The number of hydrogen-bond donors (Lipinski definition) is 1. The van der Waals surface area contributed by atoms with Crippen LogP contribution in [0.4, 0.5) is 0 Å². The lowest BCUT2D eigenvalue weighted by Gasteiger charge is -2.42. The summed E-state index contributed by atoms with van der Waals surface area (Å²) in [6.45, 7) is 9.09. The Morgan fingerprint density at radius 2 is 1.90 bits per heavy atom. The third kappa shape index (κ3) is 3.98. The zero-order valence-electron chi connectivity index (χ0n) is 13.9. The highest BCUT2D eigenvalue weighted by Crippen LogP contribution is 2.33. The lowest BCUT2D eigenvalue weighted by atomic mass is 9.91. The third-order valence-corrected chi connectivity index (χ3v) is 4.87. The summed E-state index contributed by atoms with van der Waals surface area (Å²) in [6, 6.07) is -0.596. The van der Waals surface area contributed by atoms with Crippen molar-refractivity contribution in [1.29, 1.82) is 0 Å². The fourth-order valence-electron chi connectivity index (χ4n) is 3.20. The average molecular weight is 294 g/mol. The molecule has 1 aliphatic heterocycles. The monoisotopic (exact) mass is 294 g/mol. The maximum atomic E-state index is 12.8. The molecule has 0 radical (unpaired) electrons. The number of amides is 2. The topological polar surface area (TPSA) is 49.4 Å². The van der Waals surface area contributed by atoms with E-state index in [1.807, 2.05) is 4.90 Å².